The molecule has 9 aromatic rings. The maximum atomic E-state index is 2.62. The number of aryl methyl sites for hydroxylation is 1. The van der Waals surface area contributed by atoms with Gasteiger partial charge in [0.2, 0.25) is 0 Å². The normalized spacial score (nSPS) is 14.4. The van der Waals surface area contributed by atoms with E-state index in [1.54, 1.807) is 0 Å². The molecule has 0 saturated carbocycles. The van der Waals surface area contributed by atoms with E-state index in [0.29, 0.717) is 0 Å². The van der Waals surface area contributed by atoms with Gasteiger partial charge in [0.05, 0.1) is 39.8 Å². The smallest absolute Gasteiger partial charge is 0.0947 e. The highest BCUT2D eigenvalue weighted by Crippen LogP contribution is 2.65. The first-order valence-electron chi connectivity index (χ1n) is 36.6. The molecular weight excluding hydrogens is 1180 g/mol. The molecule has 0 bridgehead atoms. The lowest BCUT2D eigenvalue weighted by molar-refractivity contribution is 0.557. The average Bonchev–Trinajstić information content (AvgIpc) is 0.696. The highest BCUT2D eigenvalue weighted by atomic mass is 15.3. The van der Waals surface area contributed by atoms with Crippen LogP contribution >= 0.6 is 0 Å². The number of para-hydroxylation sites is 1. The van der Waals surface area contributed by atoms with E-state index in [1.165, 1.54) is 89.0 Å². The first-order valence-corrected chi connectivity index (χ1v) is 36.6. The largest absolute Gasteiger partial charge is 0.306 e. The average molecular weight is 1300 g/mol. The molecule has 0 N–H and O–H groups in total. The Morgan fingerprint density at radius 1 is 0.184 bits per heavy atom. The molecular formula is C95H119N3. The summed E-state index contributed by atoms with van der Waals surface area (Å²) in [7, 11) is 0. The molecule has 0 spiro atoms. The Kier molecular flexibility index (Phi) is 17.4. The molecule has 2 aliphatic heterocycles. The van der Waals surface area contributed by atoms with E-state index in [1.807, 2.05) is 0 Å². The van der Waals surface area contributed by atoms with Crippen LogP contribution in [0.1, 0.15) is 290 Å². The third-order valence-electron chi connectivity index (χ3n) is 22.5. The SMILES string of the molecule is Cc1cc(C(C)(C)C)cc(C(C)(C)c2ccc3c(c2)N(c2cccc(C(C)(C)c4cc(C(C)(C)C)cc(C(C)(C)C)c4)c2)c2cccc4c2N3c2ccc(C(C)(C)c3cc(C(C)(C)C)cc(C(C)(C)C)c3)cc2N4c2cccc(C(C)(C)c3cc(C(C)(C)C)cc(C(C)(C)C)c3)c2)c1. The van der Waals surface area contributed by atoms with Gasteiger partial charge in [0.15, 0.2) is 0 Å². The molecule has 0 unspecified atom stereocenters. The van der Waals surface area contributed by atoms with E-state index < -0.39 is 0 Å². The quantitative estimate of drug-likeness (QED) is 0.135. The van der Waals surface area contributed by atoms with E-state index in [9.17, 15) is 0 Å². The van der Waals surface area contributed by atoms with Crippen molar-refractivity contribution >= 4 is 51.2 Å². The van der Waals surface area contributed by atoms with Crippen molar-refractivity contribution in [2.75, 3.05) is 14.7 Å². The highest BCUT2D eigenvalue weighted by molar-refractivity contribution is 6.12. The Hall–Kier alpha value is -7.62. The van der Waals surface area contributed by atoms with Crippen LogP contribution in [0.4, 0.5) is 51.2 Å². The van der Waals surface area contributed by atoms with Crippen LogP contribution in [0.5, 0.6) is 0 Å². The zero-order valence-corrected chi connectivity index (χ0v) is 66.1. The molecule has 0 fully saturated rings. The van der Waals surface area contributed by atoms with E-state index in [4.69, 9.17) is 0 Å². The van der Waals surface area contributed by atoms with Crippen LogP contribution in [-0.2, 0) is 59.6 Å². The second-order valence-electron chi connectivity index (χ2n) is 38.9. The van der Waals surface area contributed by atoms with Gasteiger partial charge in [-0.15, -0.1) is 0 Å². The molecule has 11 rings (SSSR count). The van der Waals surface area contributed by atoms with Crippen molar-refractivity contribution in [1.82, 2.24) is 0 Å². The summed E-state index contributed by atoms with van der Waals surface area (Å²) in [4.78, 5) is 7.84. The predicted octanol–water partition coefficient (Wildman–Crippen LogP) is 27.4. The first kappa shape index (κ1) is 71.7. The van der Waals surface area contributed by atoms with Crippen LogP contribution < -0.4 is 14.7 Å². The van der Waals surface area contributed by atoms with Crippen molar-refractivity contribution in [1.29, 1.82) is 0 Å². The van der Waals surface area contributed by atoms with E-state index in [-0.39, 0.29) is 59.6 Å². The maximum Gasteiger partial charge on any atom is 0.0947 e. The van der Waals surface area contributed by atoms with Crippen molar-refractivity contribution < 1.29 is 0 Å². The van der Waals surface area contributed by atoms with Crippen molar-refractivity contribution in [3.05, 3.63) is 265 Å². The Morgan fingerprint density at radius 2 is 0.418 bits per heavy atom. The summed E-state index contributed by atoms with van der Waals surface area (Å²) >= 11 is 0. The van der Waals surface area contributed by atoms with Gasteiger partial charge in [-0.25, -0.2) is 0 Å². The number of nitrogens with zero attached hydrogens (tertiary/aromatic N) is 3. The van der Waals surface area contributed by atoms with E-state index in [0.717, 1.165) is 51.2 Å². The lowest BCUT2D eigenvalue weighted by Gasteiger charge is -2.48. The van der Waals surface area contributed by atoms with Crippen LogP contribution in [0.3, 0.4) is 0 Å². The van der Waals surface area contributed by atoms with Gasteiger partial charge in [0, 0.05) is 33.0 Å². The number of hydrogen-bond donors (Lipinski definition) is 0. The van der Waals surface area contributed by atoms with Gasteiger partial charge in [-0.2, -0.15) is 0 Å². The lowest BCUT2D eigenvalue weighted by Crippen LogP contribution is -2.32. The second kappa shape index (κ2) is 23.8. The molecule has 2 aliphatic rings. The predicted molar refractivity (Wildman–Crippen MR) is 428 cm³/mol. The minimum Gasteiger partial charge on any atom is -0.306 e. The minimum atomic E-state index is -0.377. The number of rotatable bonds is 10. The molecule has 0 saturated heterocycles. The zero-order chi connectivity index (χ0) is 72.2. The molecule has 3 heteroatoms. The van der Waals surface area contributed by atoms with Crippen molar-refractivity contribution in [3.8, 4) is 0 Å². The fourth-order valence-corrected chi connectivity index (χ4v) is 14.7. The number of hydrogen-bond acceptors (Lipinski definition) is 3. The van der Waals surface area contributed by atoms with Crippen LogP contribution in [0.2, 0.25) is 0 Å². The lowest BCUT2D eigenvalue weighted by atomic mass is 9.72. The summed E-state index contributed by atoms with van der Waals surface area (Å²) in [5, 5.41) is 0. The Bertz CT molecular complexity index is 4460. The van der Waals surface area contributed by atoms with Crippen molar-refractivity contribution in [3.63, 3.8) is 0 Å². The third kappa shape index (κ3) is 13.2. The Labute approximate surface area is 594 Å². The second-order valence-corrected chi connectivity index (χ2v) is 38.9. The first-order chi connectivity index (χ1) is 44.9. The Balaban J connectivity index is 1.20. The fourth-order valence-electron chi connectivity index (χ4n) is 14.7. The van der Waals surface area contributed by atoms with Gasteiger partial charge in [-0.1, -0.05) is 322 Å². The Morgan fingerprint density at radius 3 is 0.704 bits per heavy atom. The molecule has 0 aromatic heterocycles. The molecule has 9 aromatic carbocycles. The van der Waals surface area contributed by atoms with Crippen LogP contribution in [0.15, 0.2) is 176 Å². The minimum absolute atomic E-state index is 0.00570. The van der Waals surface area contributed by atoms with Gasteiger partial charge in [0.1, 0.15) is 0 Å². The summed E-state index contributed by atoms with van der Waals surface area (Å²) in [6.45, 7) is 71.1. The summed E-state index contributed by atoms with van der Waals surface area (Å²) < 4.78 is 0. The van der Waals surface area contributed by atoms with Crippen LogP contribution in [-0.4, -0.2) is 0 Å². The number of benzene rings is 9. The fraction of sp³-hybridized carbons (Fsp3) is 0.432. The summed E-state index contributed by atoms with van der Waals surface area (Å²) in [5.41, 5.74) is 29.9. The number of anilines is 9. The molecule has 98 heavy (non-hydrogen) atoms. The molecule has 3 nitrogen and oxygen atoms in total. The van der Waals surface area contributed by atoms with E-state index in [2.05, 4.69) is 398 Å². The van der Waals surface area contributed by atoms with Crippen molar-refractivity contribution in [2.24, 2.45) is 0 Å². The van der Waals surface area contributed by atoms with Crippen LogP contribution in [0.25, 0.3) is 0 Å². The molecule has 0 atom stereocenters. The van der Waals surface area contributed by atoms with Gasteiger partial charge in [-0.3, -0.25) is 0 Å². The number of fused-ring (bicyclic) bond motifs is 4. The third-order valence-corrected chi connectivity index (χ3v) is 22.5. The van der Waals surface area contributed by atoms with Crippen LogP contribution in [0, 0.1) is 6.92 Å². The molecule has 0 amide bonds. The monoisotopic (exact) mass is 1300 g/mol. The molecule has 514 valence electrons. The topological polar surface area (TPSA) is 9.72 Å². The maximum absolute atomic E-state index is 2.62. The molecule has 2 heterocycles. The zero-order valence-electron chi connectivity index (χ0n) is 66.1. The van der Waals surface area contributed by atoms with E-state index >= 15 is 0 Å². The van der Waals surface area contributed by atoms with Gasteiger partial charge >= 0.3 is 0 Å². The standard InChI is InChI=1S/C95H119N3/c1-60-44-65(85(2,3)4)49-72(45-60)94(27,28)63-40-42-78-82(58-63)96(76-36-31-34-61(56-76)92(23,24)73-50-66(86(5,6)7)46-67(51-73)87(8,9)10)80-38-33-39-81-84(80)98(78)79-43-41-64(95(29,30)75-54-70(90(17,18)19)48-71(55-75)91(20,21)22)59-83(79)97(81)77-37-32-35-62(57-77)93(25,26)74-52-68(88(11,12)13)47-69(53-74)89(14,15)16/h31-59H,1-30H3. The highest BCUT2D eigenvalue weighted by Gasteiger charge is 2.43. The van der Waals surface area contributed by atoms with Gasteiger partial charge in [-0.05, 0) is 189 Å². The molecule has 0 radical (unpaired) electrons. The van der Waals surface area contributed by atoms with Gasteiger partial charge in [0.25, 0.3) is 0 Å². The summed E-state index contributed by atoms with van der Waals surface area (Å²) in [6, 6.07) is 70.6. The van der Waals surface area contributed by atoms with Crippen molar-refractivity contribution in [2.45, 2.75) is 267 Å². The summed E-state index contributed by atoms with van der Waals surface area (Å²) in [5.74, 6) is 0. The van der Waals surface area contributed by atoms with Gasteiger partial charge < -0.3 is 14.7 Å². The summed E-state index contributed by atoms with van der Waals surface area (Å²) in [6.07, 6.45) is 0. The molecule has 0 aliphatic carbocycles.